The Bertz CT molecular complexity index is 526. The second-order valence-corrected chi connectivity index (χ2v) is 4.13. The third kappa shape index (κ3) is 2.30. The predicted octanol–water partition coefficient (Wildman–Crippen LogP) is -1.25. The van der Waals surface area contributed by atoms with Crippen LogP contribution in [0, 0.1) is 5.41 Å². The minimum Gasteiger partial charge on any atom is -0.494 e. The fraction of sp³-hybridized carbons (Fsp3) is 0.444. The molecule has 4 N–H and O–H groups in total. The summed E-state index contributed by atoms with van der Waals surface area (Å²) in [6.07, 6.45) is 0. The molecule has 0 bridgehead atoms. The number of carbonyl (C=O) groups is 1. The van der Waals surface area contributed by atoms with Crippen molar-refractivity contribution in [2.75, 3.05) is 0 Å². The number of hydrogen-bond donors (Lipinski definition) is 3. The fourth-order valence-corrected chi connectivity index (χ4v) is 1.13. The van der Waals surface area contributed by atoms with Crippen molar-refractivity contribution in [3.8, 4) is 5.88 Å². The molecule has 7 heteroatoms. The first-order chi connectivity index (χ1) is 7.24. The van der Waals surface area contributed by atoms with Gasteiger partial charge in [-0.1, -0.05) is 0 Å². The molecule has 0 spiro atoms. The van der Waals surface area contributed by atoms with Gasteiger partial charge in [-0.25, -0.2) is 4.79 Å². The zero-order valence-electron chi connectivity index (χ0n) is 8.98. The van der Waals surface area contributed by atoms with Crippen LogP contribution in [0.5, 0.6) is 5.88 Å². The van der Waals surface area contributed by atoms with Crippen molar-refractivity contribution in [3.05, 3.63) is 26.9 Å². The number of aromatic nitrogens is 2. The number of nitrogens with zero attached hydrogens (tertiary/aromatic N) is 1. The summed E-state index contributed by atoms with van der Waals surface area (Å²) in [6, 6.07) is 0.860. The lowest BCUT2D eigenvalue weighted by Gasteiger charge is -2.21. The van der Waals surface area contributed by atoms with Gasteiger partial charge in [0, 0.05) is 6.54 Å². The number of primary amides is 1. The number of nitrogens with one attached hydrogen (secondary N) is 1. The number of H-pyrrole nitrogens is 1. The highest BCUT2D eigenvalue weighted by atomic mass is 16.3. The molecule has 88 valence electrons. The quantitative estimate of drug-likeness (QED) is 0.598. The minimum atomic E-state index is -1.00. The molecule has 0 aliphatic heterocycles. The Kier molecular flexibility index (Phi) is 2.88. The van der Waals surface area contributed by atoms with Gasteiger partial charge in [-0.2, -0.15) is 0 Å². The van der Waals surface area contributed by atoms with Crippen molar-refractivity contribution < 1.29 is 9.90 Å². The molecule has 1 aromatic rings. The van der Waals surface area contributed by atoms with Crippen LogP contribution in [-0.4, -0.2) is 20.6 Å². The molecule has 0 saturated carbocycles. The van der Waals surface area contributed by atoms with Gasteiger partial charge in [0.1, 0.15) is 0 Å². The van der Waals surface area contributed by atoms with Gasteiger partial charge in [-0.3, -0.25) is 19.1 Å². The van der Waals surface area contributed by atoms with E-state index in [1.807, 2.05) is 4.98 Å². The molecule has 0 atom stereocenters. The Morgan fingerprint density at radius 3 is 2.56 bits per heavy atom. The van der Waals surface area contributed by atoms with Crippen LogP contribution in [0.25, 0.3) is 0 Å². The van der Waals surface area contributed by atoms with E-state index < -0.39 is 28.5 Å². The number of nitrogens with two attached hydrogens (primary N) is 1. The van der Waals surface area contributed by atoms with Gasteiger partial charge in [0.2, 0.25) is 11.8 Å². The van der Waals surface area contributed by atoms with E-state index in [0.29, 0.717) is 0 Å². The predicted molar refractivity (Wildman–Crippen MR) is 56.0 cm³/mol. The number of amides is 1. The third-order valence-electron chi connectivity index (χ3n) is 2.23. The first-order valence-electron chi connectivity index (χ1n) is 4.57. The smallest absolute Gasteiger partial charge is 0.331 e. The Labute approximate surface area is 90.5 Å². The van der Waals surface area contributed by atoms with Crippen LogP contribution in [0.15, 0.2) is 15.7 Å². The van der Waals surface area contributed by atoms with Gasteiger partial charge in [0.15, 0.2) is 0 Å². The molecule has 0 fully saturated rings. The summed E-state index contributed by atoms with van der Waals surface area (Å²) in [5, 5.41) is 9.41. The van der Waals surface area contributed by atoms with E-state index in [0.717, 1.165) is 10.6 Å². The molecule has 0 radical (unpaired) electrons. The van der Waals surface area contributed by atoms with Crippen LogP contribution in [0.3, 0.4) is 0 Å². The lowest BCUT2D eigenvalue weighted by atomic mass is 9.92. The van der Waals surface area contributed by atoms with Crippen molar-refractivity contribution in [1.29, 1.82) is 0 Å². The lowest BCUT2D eigenvalue weighted by Crippen LogP contribution is -2.40. The van der Waals surface area contributed by atoms with Gasteiger partial charge in [0.05, 0.1) is 11.5 Å². The Morgan fingerprint density at radius 2 is 2.12 bits per heavy atom. The molecule has 1 rings (SSSR count). The van der Waals surface area contributed by atoms with E-state index >= 15 is 0 Å². The second kappa shape index (κ2) is 3.84. The monoisotopic (exact) mass is 227 g/mol. The molecule has 7 nitrogen and oxygen atoms in total. The highest BCUT2D eigenvalue weighted by Gasteiger charge is 2.27. The van der Waals surface area contributed by atoms with Gasteiger partial charge in [-0.15, -0.1) is 0 Å². The molecule has 1 heterocycles. The van der Waals surface area contributed by atoms with Gasteiger partial charge >= 0.3 is 5.69 Å². The summed E-state index contributed by atoms with van der Waals surface area (Å²) in [7, 11) is 0. The fourth-order valence-electron chi connectivity index (χ4n) is 1.13. The average molecular weight is 227 g/mol. The Balaban J connectivity index is 3.22. The largest absolute Gasteiger partial charge is 0.494 e. The summed E-state index contributed by atoms with van der Waals surface area (Å²) in [4.78, 5) is 35.2. The normalized spacial score (nSPS) is 11.4. The third-order valence-corrected chi connectivity index (χ3v) is 2.23. The molecule has 0 saturated heterocycles. The van der Waals surface area contributed by atoms with Crippen LogP contribution < -0.4 is 17.0 Å². The van der Waals surface area contributed by atoms with Gasteiger partial charge in [-0.05, 0) is 13.8 Å². The van der Waals surface area contributed by atoms with E-state index in [4.69, 9.17) is 5.73 Å². The first kappa shape index (κ1) is 12.0. The SMILES string of the molecule is CC(C)(Cn1c(O)cc(=O)[nH]c1=O)C(N)=O. The summed E-state index contributed by atoms with van der Waals surface area (Å²) >= 11 is 0. The highest BCUT2D eigenvalue weighted by molar-refractivity contribution is 5.79. The zero-order valence-corrected chi connectivity index (χ0v) is 8.98. The van der Waals surface area contributed by atoms with E-state index in [1.165, 1.54) is 13.8 Å². The highest BCUT2D eigenvalue weighted by Crippen LogP contribution is 2.18. The molecule has 1 aromatic heterocycles. The lowest BCUT2D eigenvalue weighted by molar-refractivity contribution is -0.126. The Hall–Kier alpha value is -2.05. The van der Waals surface area contributed by atoms with Crippen LogP contribution in [-0.2, 0) is 11.3 Å². The molecule has 0 aliphatic carbocycles. The zero-order chi connectivity index (χ0) is 12.5. The van der Waals surface area contributed by atoms with Crippen LogP contribution in [0.2, 0.25) is 0 Å². The minimum absolute atomic E-state index is 0.107. The second-order valence-electron chi connectivity index (χ2n) is 4.13. The Morgan fingerprint density at radius 1 is 1.56 bits per heavy atom. The molecule has 16 heavy (non-hydrogen) atoms. The van der Waals surface area contributed by atoms with Crippen molar-refractivity contribution in [2.45, 2.75) is 20.4 Å². The maximum absolute atomic E-state index is 11.4. The molecule has 0 unspecified atom stereocenters. The van der Waals surface area contributed by atoms with Crippen LogP contribution >= 0.6 is 0 Å². The van der Waals surface area contributed by atoms with Crippen molar-refractivity contribution in [3.63, 3.8) is 0 Å². The summed E-state index contributed by atoms with van der Waals surface area (Å²) < 4.78 is 0.881. The molecule has 0 aliphatic rings. The number of aromatic amines is 1. The van der Waals surface area contributed by atoms with Crippen molar-refractivity contribution in [1.82, 2.24) is 9.55 Å². The molecular weight excluding hydrogens is 214 g/mol. The van der Waals surface area contributed by atoms with Crippen molar-refractivity contribution in [2.24, 2.45) is 11.1 Å². The summed E-state index contributed by atoms with van der Waals surface area (Å²) in [5.74, 6) is -1.10. The van der Waals surface area contributed by atoms with Crippen LogP contribution in [0.4, 0.5) is 0 Å². The topological polar surface area (TPSA) is 118 Å². The molecule has 0 aromatic carbocycles. The first-order valence-corrected chi connectivity index (χ1v) is 4.57. The number of aromatic hydroxyl groups is 1. The van der Waals surface area contributed by atoms with Crippen LogP contribution in [0.1, 0.15) is 13.8 Å². The molecular formula is C9H13N3O4. The van der Waals surface area contributed by atoms with Crippen molar-refractivity contribution >= 4 is 5.91 Å². The number of carbonyl (C=O) groups excluding carboxylic acids is 1. The van der Waals surface area contributed by atoms with E-state index in [-0.39, 0.29) is 6.54 Å². The maximum atomic E-state index is 11.4. The molecule has 1 amide bonds. The van der Waals surface area contributed by atoms with E-state index in [9.17, 15) is 19.5 Å². The van der Waals surface area contributed by atoms with E-state index in [1.54, 1.807) is 0 Å². The van der Waals surface area contributed by atoms with Gasteiger partial charge in [0.25, 0.3) is 5.56 Å². The standard InChI is InChI=1S/C9H13N3O4/c1-9(2,7(10)15)4-12-6(14)3-5(13)11-8(12)16/h3,14H,4H2,1-2H3,(H2,10,15)(H,11,13,16). The summed E-state index contributed by atoms with van der Waals surface area (Å²) in [6.45, 7) is 2.96. The summed E-state index contributed by atoms with van der Waals surface area (Å²) in [5.41, 5.74) is 2.66. The van der Waals surface area contributed by atoms with E-state index in [2.05, 4.69) is 0 Å². The maximum Gasteiger partial charge on any atom is 0.331 e. The number of rotatable bonds is 3. The average Bonchev–Trinajstić information content (AvgIpc) is 2.11. The number of hydrogen-bond acceptors (Lipinski definition) is 4. The van der Waals surface area contributed by atoms with Gasteiger partial charge < -0.3 is 10.8 Å².